The lowest BCUT2D eigenvalue weighted by Crippen LogP contribution is -2.48. The van der Waals surface area contributed by atoms with Gasteiger partial charge in [0.2, 0.25) is 10.0 Å². The summed E-state index contributed by atoms with van der Waals surface area (Å²) in [5, 5.41) is 0. The molecule has 5 heteroatoms. The molecule has 0 saturated carbocycles. The molecule has 0 fully saturated rings. The molecular weight excluding hydrogens is 290 g/mol. The van der Waals surface area contributed by atoms with Crippen LogP contribution in [0.1, 0.15) is 20.8 Å². The zero-order chi connectivity index (χ0) is 12.4. The summed E-state index contributed by atoms with van der Waals surface area (Å²) < 4.78 is 26.7. The molecule has 1 atom stereocenters. The summed E-state index contributed by atoms with van der Waals surface area (Å²) in [6.07, 6.45) is 0. The SMILES string of the molecule is CC(Br)C(C)(C)NS(=O)(=O)c1ccccc1. The van der Waals surface area contributed by atoms with Gasteiger partial charge < -0.3 is 0 Å². The number of nitrogens with one attached hydrogen (secondary N) is 1. The number of sulfonamides is 1. The Bertz CT molecular complexity index is 440. The molecule has 0 aliphatic rings. The second-order valence-corrected chi connectivity index (χ2v) is 7.31. The van der Waals surface area contributed by atoms with Crippen molar-refractivity contribution in [1.82, 2.24) is 4.72 Å². The Balaban J connectivity index is 2.98. The Morgan fingerprint density at radius 3 is 2.19 bits per heavy atom. The normalized spacial score (nSPS) is 14.8. The monoisotopic (exact) mass is 305 g/mol. The van der Waals surface area contributed by atoms with E-state index in [2.05, 4.69) is 20.7 Å². The molecule has 0 radical (unpaired) electrons. The zero-order valence-electron chi connectivity index (χ0n) is 9.57. The number of alkyl halides is 1. The van der Waals surface area contributed by atoms with Gasteiger partial charge in [-0.15, -0.1) is 0 Å². The Hall–Kier alpha value is -0.390. The van der Waals surface area contributed by atoms with Crippen molar-refractivity contribution in [2.75, 3.05) is 0 Å². The van der Waals surface area contributed by atoms with Crippen LogP contribution in [0.15, 0.2) is 35.2 Å². The second kappa shape index (κ2) is 4.85. The van der Waals surface area contributed by atoms with Crippen LogP contribution in [0.5, 0.6) is 0 Å². The maximum absolute atomic E-state index is 12.0. The summed E-state index contributed by atoms with van der Waals surface area (Å²) in [6, 6.07) is 8.37. The molecule has 3 nitrogen and oxygen atoms in total. The molecule has 16 heavy (non-hydrogen) atoms. The van der Waals surface area contributed by atoms with E-state index in [0.29, 0.717) is 0 Å². The summed E-state index contributed by atoms with van der Waals surface area (Å²) in [6.45, 7) is 5.59. The molecule has 90 valence electrons. The minimum absolute atomic E-state index is 0.0403. The van der Waals surface area contributed by atoms with E-state index < -0.39 is 15.6 Å². The Labute approximate surface area is 105 Å². The lowest BCUT2D eigenvalue weighted by molar-refractivity contribution is 0.454. The van der Waals surface area contributed by atoms with Crippen LogP contribution < -0.4 is 4.72 Å². The largest absolute Gasteiger partial charge is 0.241 e. The zero-order valence-corrected chi connectivity index (χ0v) is 12.0. The summed E-state index contributed by atoms with van der Waals surface area (Å²) >= 11 is 3.39. The average Bonchev–Trinajstić information content (AvgIpc) is 2.17. The average molecular weight is 306 g/mol. The maximum Gasteiger partial charge on any atom is 0.241 e. The molecule has 1 rings (SSSR count). The third-order valence-corrected chi connectivity index (χ3v) is 5.28. The molecule has 0 amide bonds. The highest BCUT2D eigenvalue weighted by Crippen LogP contribution is 2.20. The molecule has 0 bridgehead atoms. The highest BCUT2D eigenvalue weighted by molar-refractivity contribution is 9.09. The van der Waals surface area contributed by atoms with E-state index >= 15 is 0 Å². The molecule has 0 aliphatic carbocycles. The van der Waals surface area contributed by atoms with Gasteiger partial charge in [0.05, 0.1) is 4.90 Å². The Kier molecular flexibility index (Phi) is 4.15. The standard InChI is InChI=1S/C11H16BrNO2S/c1-9(12)11(2,3)13-16(14,15)10-7-5-4-6-8-10/h4-9,13H,1-3H3. The van der Waals surface area contributed by atoms with Gasteiger partial charge in [-0.25, -0.2) is 13.1 Å². The van der Waals surface area contributed by atoms with Crippen LogP contribution >= 0.6 is 15.9 Å². The van der Waals surface area contributed by atoms with Crippen LogP contribution in [0.4, 0.5) is 0 Å². The van der Waals surface area contributed by atoms with E-state index in [0.717, 1.165) is 0 Å². The fourth-order valence-corrected chi connectivity index (χ4v) is 2.85. The van der Waals surface area contributed by atoms with Crippen molar-refractivity contribution in [3.8, 4) is 0 Å². The fourth-order valence-electron chi connectivity index (χ4n) is 1.09. The molecule has 0 aliphatic heterocycles. The molecular formula is C11H16BrNO2S. The number of hydrogen-bond acceptors (Lipinski definition) is 2. The Morgan fingerprint density at radius 1 is 1.25 bits per heavy atom. The molecule has 0 spiro atoms. The van der Waals surface area contributed by atoms with E-state index in [4.69, 9.17) is 0 Å². The van der Waals surface area contributed by atoms with Gasteiger partial charge in [-0.3, -0.25) is 0 Å². The summed E-state index contributed by atoms with van der Waals surface area (Å²) in [4.78, 5) is 0.328. The van der Waals surface area contributed by atoms with Crippen LogP contribution in [0.25, 0.3) is 0 Å². The van der Waals surface area contributed by atoms with Crippen LogP contribution in [0.3, 0.4) is 0 Å². The molecule has 1 aromatic rings. The van der Waals surface area contributed by atoms with Crippen molar-refractivity contribution in [3.63, 3.8) is 0 Å². The van der Waals surface area contributed by atoms with Crippen molar-refractivity contribution in [3.05, 3.63) is 30.3 Å². The molecule has 1 N–H and O–H groups in total. The minimum Gasteiger partial charge on any atom is -0.207 e. The highest BCUT2D eigenvalue weighted by Gasteiger charge is 2.29. The van der Waals surface area contributed by atoms with Crippen LogP contribution in [0.2, 0.25) is 0 Å². The lowest BCUT2D eigenvalue weighted by atomic mass is 10.0. The van der Waals surface area contributed by atoms with Crippen LogP contribution in [-0.2, 0) is 10.0 Å². The van der Waals surface area contributed by atoms with Gasteiger partial charge in [-0.1, -0.05) is 41.1 Å². The minimum atomic E-state index is -3.44. The smallest absolute Gasteiger partial charge is 0.207 e. The van der Waals surface area contributed by atoms with Gasteiger partial charge in [-0.05, 0) is 26.0 Å². The number of rotatable bonds is 4. The molecule has 0 heterocycles. The topological polar surface area (TPSA) is 46.2 Å². The van der Waals surface area contributed by atoms with E-state index in [1.54, 1.807) is 30.3 Å². The van der Waals surface area contributed by atoms with E-state index in [1.165, 1.54) is 0 Å². The van der Waals surface area contributed by atoms with E-state index in [1.807, 2.05) is 20.8 Å². The summed E-state index contributed by atoms with van der Waals surface area (Å²) in [7, 11) is -3.44. The Morgan fingerprint density at radius 2 is 1.75 bits per heavy atom. The third-order valence-electron chi connectivity index (χ3n) is 2.45. The van der Waals surface area contributed by atoms with Gasteiger partial charge in [0, 0.05) is 10.4 Å². The first kappa shape index (κ1) is 13.7. The highest BCUT2D eigenvalue weighted by atomic mass is 79.9. The van der Waals surface area contributed by atoms with Crippen molar-refractivity contribution >= 4 is 26.0 Å². The first-order valence-electron chi connectivity index (χ1n) is 4.99. The van der Waals surface area contributed by atoms with Gasteiger partial charge in [0.25, 0.3) is 0 Å². The summed E-state index contributed by atoms with van der Waals surface area (Å²) in [5.41, 5.74) is -0.533. The first-order valence-corrected chi connectivity index (χ1v) is 7.39. The number of hydrogen-bond donors (Lipinski definition) is 1. The molecule has 0 aromatic heterocycles. The van der Waals surface area contributed by atoms with Crippen molar-refractivity contribution in [2.24, 2.45) is 0 Å². The predicted molar refractivity (Wildman–Crippen MR) is 69.2 cm³/mol. The molecule has 1 aromatic carbocycles. The van der Waals surface area contributed by atoms with Gasteiger partial charge in [-0.2, -0.15) is 0 Å². The van der Waals surface area contributed by atoms with Crippen molar-refractivity contribution < 1.29 is 8.42 Å². The van der Waals surface area contributed by atoms with Gasteiger partial charge in [0.1, 0.15) is 0 Å². The van der Waals surface area contributed by atoms with Crippen LogP contribution in [-0.4, -0.2) is 18.8 Å². The van der Waals surface area contributed by atoms with E-state index in [-0.39, 0.29) is 9.72 Å². The van der Waals surface area contributed by atoms with Crippen molar-refractivity contribution in [2.45, 2.75) is 36.0 Å². The van der Waals surface area contributed by atoms with Crippen LogP contribution in [0, 0.1) is 0 Å². The number of benzene rings is 1. The predicted octanol–water partition coefficient (Wildman–Crippen LogP) is 2.53. The molecule has 0 saturated heterocycles. The van der Waals surface area contributed by atoms with Crippen molar-refractivity contribution in [1.29, 1.82) is 0 Å². The van der Waals surface area contributed by atoms with Gasteiger partial charge in [0.15, 0.2) is 0 Å². The number of halogens is 1. The second-order valence-electron chi connectivity index (χ2n) is 4.26. The quantitative estimate of drug-likeness (QED) is 0.869. The lowest BCUT2D eigenvalue weighted by Gasteiger charge is -2.28. The maximum atomic E-state index is 12.0. The molecule has 1 unspecified atom stereocenters. The van der Waals surface area contributed by atoms with E-state index in [9.17, 15) is 8.42 Å². The third kappa shape index (κ3) is 3.30. The first-order chi connectivity index (χ1) is 7.26. The van der Waals surface area contributed by atoms with Gasteiger partial charge >= 0.3 is 0 Å². The fraction of sp³-hybridized carbons (Fsp3) is 0.455. The summed E-state index contributed by atoms with van der Waals surface area (Å²) in [5.74, 6) is 0.